The van der Waals surface area contributed by atoms with Gasteiger partial charge in [-0.3, -0.25) is 9.89 Å². The molecule has 2 atom stereocenters. The van der Waals surface area contributed by atoms with Crippen LogP contribution in [0.5, 0.6) is 11.5 Å². The van der Waals surface area contributed by atoms with Crippen molar-refractivity contribution in [1.29, 1.82) is 0 Å². The highest BCUT2D eigenvalue weighted by Gasteiger charge is 2.26. The van der Waals surface area contributed by atoms with Gasteiger partial charge in [0, 0.05) is 13.6 Å². The summed E-state index contributed by atoms with van der Waals surface area (Å²) in [6, 6.07) is 12.0. The molecular weight excluding hydrogens is 380 g/mol. The Balaban J connectivity index is 1.52. The van der Waals surface area contributed by atoms with Gasteiger partial charge in [0.1, 0.15) is 17.6 Å². The minimum Gasteiger partial charge on any atom is -0.493 e. The van der Waals surface area contributed by atoms with E-state index in [2.05, 4.69) is 26.6 Å². The summed E-state index contributed by atoms with van der Waals surface area (Å²) in [5.41, 5.74) is 0. The Morgan fingerprint density at radius 2 is 1.80 bits per heavy atom. The summed E-state index contributed by atoms with van der Waals surface area (Å²) in [7, 11) is 3.43. The van der Waals surface area contributed by atoms with Crippen LogP contribution in [0.2, 0.25) is 0 Å². The first kappa shape index (κ1) is 22.0. The molecule has 1 aromatic heterocycles. The molecule has 3 rings (SSSR count). The molecule has 30 heavy (non-hydrogen) atoms. The van der Waals surface area contributed by atoms with Gasteiger partial charge in [-0.15, -0.1) is 0 Å². The number of hydrogen-bond acceptors (Lipinski definition) is 5. The number of likely N-dealkylation sites (tertiary alicyclic amines) is 1. The zero-order valence-electron chi connectivity index (χ0n) is 18.5. The minimum absolute atomic E-state index is 0.0537. The lowest BCUT2D eigenvalue weighted by Gasteiger charge is -2.27. The number of aliphatic imine (C=N–C) groups is 1. The highest BCUT2D eigenvalue weighted by molar-refractivity contribution is 5.79. The largest absolute Gasteiger partial charge is 0.493 e. The molecule has 2 heterocycles. The van der Waals surface area contributed by atoms with Gasteiger partial charge < -0.3 is 24.5 Å². The van der Waals surface area contributed by atoms with Crippen molar-refractivity contribution in [3.05, 3.63) is 47.9 Å². The van der Waals surface area contributed by atoms with Gasteiger partial charge in [0.15, 0.2) is 17.5 Å². The van der Waals surface area contributed by atoms with E-state index in [0.717, 1.165) is 48.6 Å². The predicted molar refractivity (Wildman–Crippen MR) is 119 cm³/mol. The van der Waals surface area contributed by atoms with E-state index in [0.29, 0.717) is 6.54 Å². The van der Waals surface area contributed by atoms with Crippen LogP contribution in [0.15, 0.2) is 45.8 Å². The Labute approximate surface area is 179 Å². The number of ether oxygens (including phenoxy) is 2. The Kier molecular flexibility index (Phi) is 8.02. The van der Waals surface area contributed by atoms with Crippen LogP contribution in [0.25, 0.3) is 0 Å². The first-order valence-electron chi connectivity index (χ1n) is 10.6. The van der Waals surface area contributed by atoms with Gasteiger partial charge in [-0.25, -0.2) is 0 Å². The maximum absolute atomic E-state index is 6.02. The molecule has 0 spiro atoms. The number of para-hydroxylation sites is 2. The lowest BCUT2D eigenvalue weighted by atomic mass is 10.2. The average Bonchev–Trinajstić information content (AvgIpc) is 3.43. The van der Waals surface area contributed by atoms with E-state index in [1.807, 2.05) is 44.2 Å². The minimum atomic E-state index is -0.0537. The summed E-state index contributed by atoms with van der Waals surface area (Å²) in [6.07, 6.45) is 2.42. The molecule has 1 aromatic carbocycles. The zero-order valence-corrected chi connectivity index (χ0v) is 18.5. The third kappa shape index (κ3) is 5.92. The van der Waals surface area contributed by atoms with Crippen LogP contribution in [0.1, 0.15) is 37.3 Å². The summed E-state index contributed by atoms with van der Waals surface area (Å²) >= 11 is 0. The van der Waals surface area contributed by atoms with Crippen LogP contribution in [0, 0.1) is 6.92 Å². The molecule has 7 nitrogen and oxygen atoms in total. The van der Waals surface area contributed by atoms with Gasteiger partial charge in [-0.1, -0.05) is 12.1 Å². The number of hydrogen-bond donors (Lipinski definition) is 2. The maximum Gasteiger partial charge on any atom is 0.191 e. The molecule has 164 valence electrons. The quantitative estimate of drug-likeness (QED) is 0.484. The molecule has 0 amide bonds. The number of guanidine groups is 1. The molecule has 0 bridgehead atoms. The van der Waals surface area contributed by atoms with Crippen LogP contribution >= 0.6 is 0 Å². The summed E-state index contributed by atoms with van der Waals surface area (Å²) < 4.78 is 17.3. The van der Waals surface area contributed by atoms with E-state index in [1.165, 1.54) is 12.8 Å². The van der Waals surface area contributed by atoms with Crippen molar-refractivity contribution in [2.45, 2.75) is 38.8 Å². The SMILES string of the molecule is CN=C(NCC(C)Oc1ccccc1OC)NCC(c1ccc(C)o1)N1CCCC1. The summed E-state index contributed by atoms with van der Waals surface area (Å²) in [5.74, 6) is 4.16. The van der Waals surface area contributed by atoms with E-state index in [9.17, 15) is 0 Å². The fourth-order valence-corrected chi connectivity index (χ4v) is 3.72. The smallest absolute Gasteiger partial charge is 0.191 e. The molecule has 0 radical (unpaired) electrons. The number of methoxy groups -OCH3 is 1. The fraction of sp³-hybridized carbons (Fsp3) is 0.522. The van der Waals surface area contributed by atoms with Crippen molar-refractivity contribution >= 4 is 5.96 Å². The molecule has 7 heteroatoms. The topological polar surface area (TPSA) is 71.3 Å². The molecule has 1 fully saturated rings. The highest BCUT2D eigenvalue weighted by atomic mass is 16.5. The van der Waals surface area contributed by atoms with Crippen LogP contribution in [0.3, 0.4) is 0 Å². The molecule has 2 N–H and O–H groups in total. The van der Waals surface area contributed by atoms with E-state index in [1.54, 1.807) is 14.2 Å². The molecular formula is C23H34N4O3. The monoisotopic (exact) mass is 414 g/mol. The molecule has 0 aliphatic carbocycles. The second-order valence-electron chi connectivity index (χ2n) is 7.62. The normalized spacial score (nSPS) is 16.9. The highest BCUT2D eigenvalue weighted by Crippen LogP contribution is 2.27. The number of benzene rings is 1. The molecule has 2 aromatic rings. The number of rotatable bonds is 9. The summed E-state index contributed by atoms with van der Waals surface area (Å²) in [6.45, 7) is 7.55. The second kappa shape index (κ2) is 10.9. The van der Waals surface area contributed by atoms with Crippen LogP contribution < -0.4 is 20.1 Å². The molecule has 1 aliphatic rings. The standard InChI is InChI=1S/C23H34N4O3/c1-17-11-12-20(29-17)19(27-13-7-8-14-27)16-26-23(24-3)25-15-18(2)30-22-10-6-5-9-21(22)28-4/h5-6,9-12,18-19H,7-8,13-16H2,1-4H3,(H2,24,25,26). The number of nitrogens with one attached hydrogen (secondary N) is 2. The van der Waals surface area contributed by atoms with Gasteiger partial charge in [-0.05, 0) is 64.0 Å². The Hall–Kier alpha value is -2.67. The third-order valence-electron chi connectivity index (χ3n) is 5.31. The lowest BCUT2D eigenvalue weighted by Crippen LogP contribution is -2.45. The summed E-state index contributed by atoms with van der Waals surface area (Å²) in [4.78, 5) is 6.84. The Bertz CT molecular complexity index is 814. The number of nitrogens with zero attached hydrogens (tertiary/aromatic N) is 2. The van der Waals surface area contributed by atoms with Gasteiger partial charge in [0.25, 0.3) is 0 Å². The number of aryl methyl sites for hydroxylation is 1. The predicted octanol–water partition coefficient (Wildman–Crippen LogP) is 3.37. The third-order valence-corrected chi connectivity index (χ3v) is 5.31. The van der Waals surface area contributed by atoms with Crippen molar-refractivity contribution in [1.82, 2.24) is 15.5 Å². The van der Waals surface area contributed by atoms with Crippen molar-refractivity contribution in [2.24, 2.45) is 4.99 Å². The molecule has 2 unspecified atom stereocenters. The van der Waals surface area contributed by atoms with E-state index < -0.39 is 0 Å². The van der Waals surface area contributed by atoms with Gasteiger partial charge in [-0.2, -0.15) is 0 Å². The molecule has 1 saturated heterocycles. The molecule has 1 aliphatic heterocycles. The van der Waals surface area contributed by atoms with Gasteiger partial charge in [0.05, 0.1) is 19.7 Å². The van der Waals surface area contributed by atoms with Crippen LogP contribution in [-0.4, -0.2) is 57.3 Å². The van der Waals surface area contributed by atoms with Gasteiger partial charge >= 0.3 is 0 Å². The van der Waals surface area contributed by atoms with Crippen LogP contribution in [0.4, 0.5) is 0 Å². The Morgan fingerprint density at radius 1 is 1.10 bits per heavy atom. The zero-order chi connectivity index (χ0) is 21.3. The van der Waals surface area contributed by atoms with Gasteiger partial charge in [0.2, 0.25) is 0 Å². The van der Waals surface area contributed by atoms with Crippen LogP contribution in [-0.2, 0) is 0 Å². The summed E-state index contributed by atoms with van der Waals surface area (Å²) in [5, 5.41) is 6.81. The number of furan rings is 1. The van der Waals surface area contributed by atoms with E-state index in [4.69, 9.17) is 13.9 Å². The second-order valence-corrected chi connectivity index (χ2v) is 7.62. The molecule has 0 saturated carbocycles. The van der Waals surface area contributed by atoms with Crippen molar-refractivity contribution in [2.75, 3.05) is 40.3 Å². The van der Waals surface area contributed by atoms with E-state index in [-0.39, 0.29) is 12.1 Å². The average molecular weight is 415 g/mol. The fourth-order valence-electron chi connectivity index (χ4n) is 3.72. The lowest BCUT2D eigenvalue weighted by molar-refractivity contribution is 0.209. The van der Waals surface area contributed by atoms with E-state index >= 15 is 0 Å². The Morgan fingerprint density at radius 3 is 2.43 bits per heavy atom. The van der Waals surface area contributed by atoms with Crippen molar-refractivity contribution in [3.63, 3.8) is 0 Å². The maximum atomic E-state index is 6.02. The van der Waals surface area contributed by atoms with Crippen molar-refractivity contribution < 1.29 is 13.9 Å². The van der Waals surface area contributed by atoms with Crippen molar-refractivity contribution in [3.8, 4) is 11.5 Å². The first-order chi connectivity index (χ1) is 14.6. The first-order valence-corrected chi connectivity index (χ1v) is 10.6.